The maximum atomic E-state index is 11.1. The first kappa shape index (κ1) is 10.8. The Balaban J connectivity index is 2.40. The van der Waals surface area contributed by atoms with Crippen LogP contribution in [0.1, 0.15) is 23.5 Å². The summed E-state index contributed by atoms with van der Waals surface area (Å²) in [7, 11) is -3.09. The molecule has 6 heteroatoms. The van der Waals surface area contributed by atoms with Gasteiger partial charge in [0.2, 0.25) is 0 Å². The second kappa shape index (κ2) is 3.72. The van der Waals surface area contributed by atoms with Gasteiger partial charge in [0, 0.05) is 17.5 Å². The summed E-state index contributed by atoms with van der Waals surface area (Å²) in [5, 5.41) is 0.413. The average Bonchev–Trinajstić information content (AvgIpc) is 2.48. The first-order valence-electron chi connectivity index (χ1n) is 4.67. The molecule has 1 aliphatic carbocycles. The average molecular weight is 247 g/mol. The third-order valence-corrected chi connectivity index (χ3v) is 3.42. The van der Waals surface area contributed by atoms with Crippen molar-refractivity contribution in [2.24, 2.45) is 0 Å². The summed E-state index contributed by atoms with van der Waals surface area (Å²) in [4.78, 5) is 8.23. The number of nitrogens with zero attached hydrogens (tertiary/aromatic N) is 2. The lowest BCUT2D eigenvalue weighted by atomic mass is 10.3. The number of hydrogen-bond acceptors (Lipinski definition) is 4. The molecule has 1 aromatic rings. The Hall–Kier alpha value is -0.680. The molecular weight excluding hydrogens is 236 g/mol. The van der Waals surface area contributed by atoms with E-state index in [0.717, 1.165) is 36.8 Å². The van der Waals surface area contributed by atoms with Gasteiger partial charge in [-0.3, -0.25) is 0 Å². The summed E-state index contributed by atoms with van der Waals surface area (Å²) in [6, 6.07) is 0. The molecule has 0 saturated heterocycles. The van der Waals surface area contributed by atoms with Gasteiger partial charge in [-0.2, -0.15) is 0 Å². The van der Waals surface area contributed by atoms with Crippen LogP contribution in [0.5, 0.6) is 0 Å². The zero-order valence-electron chi connectivity index (χ0n) is 8.33. The van der Waals surface area contributed by atoms with Crippen LogP contribution in [0, 0.1) is 0 Å². The lowest BCUT2D eigenvalue weighted by Gasteiger charge is -2.04. The van der Waals surface area contributed by atoms with Crippen LogP contribution < -0.4 is 0 Å². The van der Waals surface area contributed by atoms with Gasteiger partial charge in [-0.05, 0) is 19.3 Å². The molecule has 0 radical (unpaired) electrons. The van der Waals surface area contributed by atoms with Gasteiger partial charge >= 0.3 is 0 Å². The van der Waals surface area contributed by atoms with Gasteiger partial charge in [-0.1, -0.05) is 11.6 Å². The second-order valence-corrected chi connectivity index (χ2v) is 6.28. The summed E-state index contributed by atoms with van der Waals surface area (Å²) in [5.41, 5.74) is 1.89. The fourth-order valence-corrected chi connectivity index (χ4v) is 2.63. The molecule has 0 atom stereocenters. The van der Waals surface area contributed by atoms with Crippen molar-refractivity contribution in [3.63, 3.8) is 0 Å². The lowest BCUT2D eigenvalue weighted by Crippen LogP contribution is -2.07. The third-order valence-electron chi connectivity index (χ3n) is 2.32. The highest BCUT2D eigenvalue weighted by molar-refractivity contribution is 7.89. The highest BCUT2D eigenvalue weighted by Gasteiger charge is 2.19. The quantitative estimate of drug-likeness (QED) is 0.735. The molecule has 1 aromatic heterocycles. The molecule has 0 fully saturated rings. The van der Waals surface area contributed by atoms with Crippen molar-refractivity contribution in [3.8, 4) is 0 Å². The van der Waals surface area contributed by atoms with Crippen LogP contribution in [0.2, 0.25) is 5.15 Å². The summed E-state index contributed by atoms with van der Waals surface area (Å²) < 4.78 is 22.2. The van der Waals surface area contributed by atoms with Crippen molar-refractivity contribution in [3.05, 3.63) is 22.2 Å². The monoisotopic (exact) mass is 246 g/mol. The van der Waals surface area contributed by atoms with Gasteiger partial charge in [-0.15, -0.1) is 0 Å². The first-order valence-corrected chi connectivity index (χ1v) is 7.11. The molecule has 0 saturated carbocycles. The number of aromatic nitrogens is 2. The Morgan fingerprint density at radius 1 is 1.33 bits per heavy atom. The first-order chi connectivity index (χ1) is 6.96. The zero-order chi connectivity index (χ0) is 11.1. The Bertz CT molecular complexity index is 499. The number of rotatable bonds is 2. The minimum absolute atomic E-state index is 0.139. The van der Waals surface area contributed by atoms with Crippen molar-refractivity contribution in [1.29, 1.82) is 0 Å². The number of aryl methyl sites for hydroxylation is 1. The summed E-state index contributed by atoms with van der Waals surface area (Å²) in [5.74, 6) is 0.170. The van der Waals surface area contributed by atoms with E-state index in [1.54, 1.807) is 0 Å². The summed E-state index contributed by atoms with van der Waals surface area (Å²) >= 11 is 5.96. The molecule has 0 spiro atoms. The predicted octanol–water partition coefficient (Wildman–Crippen LogP) is 1.16. The van der Waals surface area contributed by atoms with Crippen molar-refractivity contribution in [2.75, 3.05) is 6.26 Å². The molecule has 15 heavy (non-hydrogen) atoms. The van der Waals surface area contributed by atoms with E-state index in [-0.39, 0.29) is 5.75 Å². The van der Waals surface area contributed by atoms with E-state index < -0.39 is 9.84 Å². The molecule has 0 aliphatic heterocycles. The van der Waals surface area contributed by atoms with E-state index in [0.29, 0.717) is 11.0 Å². The largest absolute Gasteiger partial charge is 0.236 e. The second-order valence-electron chi connectivity index (χ2n) is 3.78. The molecule has 1 heterocycles. The van der Waals surface area contributed by atoms with Crippen LogP contribution >= 0.6 is 11.6 Å². The van der Waals surface area contributed by atoms with Crippen molar-refractivity contribution < 1.29 is 8.42 Å². The van der Waals surface area contributed by atoms with E-state index in [4.69, 9.17) is 11.6 Å². The van der Waals surface area contributed by atoms with Crippen LogP contribution in [0.25, 0.3) is 0 Å². The van der Waals surface area contributed by atoms with Crippen molar-refractivity contribution >= 4 is 21.4 Å². The lowest BCUT2D eigenvalue weighted by molar-refractivity contribution is 0.599. The minimum atomic E-state index is -3.09. The van der Waals surface area contributed by atoms with E-state index in [9.17, 15) is 8.42 Å². The highest BCUT2D eigenvalue weighted by atomic mass is 35.5. The standard InChI is InChI=1S/C9H11ClN2O2S/c1-15(13,14)5-8-11-7-4-2-3-6(7)9(10)12-8/h2-5H2,1H3. The van der Waals surface area contributed by atoms with Crippen LogP contribution in [0.15, 0.2) is 0 Å². The predicted molar refractivity (Wildman–Crippen MR) is 57.6 cm³/mol. The van der Waals surface area contributed by atoms with E-state index >= 15 is 0 Å². The molecule has 2 rings (SSSR count). The van der Waals surface area contributed by atoms with Crippen molar-refractivity contribution in [2.45, 2.75) is 25.0 Å². The van der Waals surface area contributed by atoms with E-state index in [1.807, 2.05) is 0 Å². The fraction of sp³-hybridized carbons (Fsp3) is 0.556. The SMILES string of the molecule is CS(=O)(=O)Cc1nc(Cl)c2c(n1)CCC2. The molecular formula is C9H11ClN2O2S. The van der Waals surface area contributed by atoms with Crippen LogP contribution in [0.3, 0.4) is 0 Å². The number of fused-ring (bicyclic) bond motifs is 1. The summed E-state index contributed by atoms with van der Waals surface area (Å²) in [6.45, 7) is 0. The van der Waals surface area contributed by atoms with Crippen LogP contribution in [-0.4, -0.2) is 24.6 Å². The van der Waals surface area contributed by atoms with E-state index in [1.165, 1.54) is 0 Å². The molecule has 1 aliphatic rings. The number of hydrogen-bond donors (Lipinski definition) is 0. The summed E-state index contributed by atoms with van der Waals surface area (Å²) in [6.07, 6.45) is 3.95. The van der Waals surface area contributed by atoms with Crippen LogP contribution in [0.4, 0.5) is 0 Å². The van der Waals surface area contributed by atoms with Gasteiger partial charge in [0.25, 0.3) is 0 Å². The van der Waals surface area contributed by atoms with Crippen molar-refractivity contribution in [1.82, 2.24) is 9.97 Å². The van der Waals surface area contributed by atoms with Gasteiger partial charge in [0.1, 0.15) is 16.7 Å². The zero-order valence-corrected chi connectivity index (χ0v) is 9.90. The van der Waals surface area contributed by atoms with Crippen LogP contribution in [-0.2, 0) is 28.4 Å². The van der Waals surface area contributed by atoms with E-state index in [2.05, 4.69) is 9.97 Å². The van der Waals surface area contributed by atoms with Gasteiger partial charge in [0.15, 0.2) is 9.84 Å². The third kappa shape index (κ3) is 2.46. The van der Waals surface area contributed by atoms with Gasteiger partial charge < -0.3 is 0 Å². The minimum Gasteiger partial charge on any atom is -0.236 e. The normalized spacial score (nSPS) is 15.3. The molecule has 0 amide bonds. The maximum absolute atomic E-state index is 11.1. The smallest absolute Gasteiger partial charge is 0.154 e. The fourth-order valence-electron chi connectivity index (χ4n) is 1.73. The molecule has 0 N–H and O–H groups in total. The Morgan fingerprint density at radius 2 is 2.07 bits per heavy atom. The Morgan fingerprint density at radius 3 is 2.73 bits per heavy atom. The molecule has 0 unspecified atom stereocenters. The number of halogens is 1. The molecule has 4 nitrogen and oxygen atoms in total. The number of sulfone groups is 1. The maximum Gasteiger partial charge on any atom is 0.154 e. The van der Waals surface area contributed by atoms with Gasteiger partial charge in [-0.25, -0.2) is 18.4 Å². The highest BCUT2D eigenvalue weighted by Crippen LogP contribution is 2.26. The molecule has 82 valence electrons. The topological polar surface area (TPSA) is 59.9 Å². The Kier molecular flexibility index (Phi) is 2.68. The molecule has 0 bridgehead atoms. The molecule has 0 aromatic carbocycles. The Labute approximate surface area is 93.6 Å². The van der Waals surface area contributed by atoms with Gasteiger partial charge in [0.05, 0.1) is 0 Å².